The van der Waals surface area contributed by atoms with Crippen LogP contribution >= 0.6 is 0 Å². The minimum absolute atomic E-state index is 0.359. The number of ketones is 1. The molecule has 1 aromatic rings. The van der Waals surface area contributed by atoms with Gasteiger partial charge in [-0.2, -0.15) is 13.2 Å². The Labute approximate surface area is 71.3 Å². The molecule has 0 aliphatic carbocycles. The Kier molecular flexibility index (Phi) is 2.22. The van der Waals surface area contributed by atoms with Gasteiger partial charge < -0.3 is 4.98 Å². The van der Waals surface area contributed by atoms with Crippen LogP contribution in [0.25, 0.3) is 0 Å². The predicted octanol–water partition coefficient (Wildman–Crippen LogP) is 1.71. The molecule has 0 saturated heterocycles. The first-order valence-electron chi connectivity index (χ1n) is 3.23. The van der Waals surface area contributed by atoms with Crippen LogP contribution in [0, 0.1) is 0 Å². The van der Waals surface area contributed by atoms with Crippen LogP contribution in [0.1, 0.15) is 10.6 Å². The van der Waals surface area contributed by atoms with E-state index in [0.717, 1.165) is 0 Å². The van der Waals surface area contributed by atoms with Gasteiger partial charge in [-0.3, -0.25) is 4.79 Å². The Morgan fingerprint density at radius 2 is 2.15 bits per heavy atom. The van der Waals surface area contributed by atoms with Crippen molar-refractivity contribution in [2.75, 3.05) is 0 Å². The molecule has 3 nitrogen and oxygen atoms in total. The number of hydrogen-bond acceptors (Lipinski definition) is 2. The van der Waals surface area contributed by atoms with E-state index in [2.05, 4.69) is 16.5 Å². The molecule has 0 aliphatic rings. The maximum atomic E-state index is 11.9. The highest BCUT2D eigenvalue weighted by Gasteiger charge is 2.37. The highest BCUT2D eigenvalue weighted by molar-refractivity contribution is 6.06. The summed E-state index contributed by atoms with van der Waals surface area (Å²) >= 11 is 0. The van der Waals surface area contributed by atoms with Gasteiger partial charge in [0.1, 0.15) is 0 Å². The van der Waals surface area contributed by atoms with E-state index < -0.39 is 17.5 Å². The topological polar surface area (TPSA) is 45.8 Å². The van der Waals surface area contributed by atoms with E-state index >= 15 is 0 Å². The smallest absolute Gasteiger partial charge is 0.342 e. The lowest BCUT2D eigenvalue weighted by molar-refractivity contribution is -0.0884. The molecule has 0 saturated carbocycles. The van der Waals surface area contributed by atoms with E-state index in [1.807, 2.05) is 0 Å². The number of Topliss-reactive ketones (excluding diaryl/α,β-unsaturated/α-hetero) is 1. The highest BCUT2D eigenvalue weighted by Crippen LogP contribution is 2.25. The number of allylic oxidation sites excluding steroid dienone is 1. The van der Waals surface area contributed by atoms with Crippen LogP contribution in [-0.2, 0) is 0 Å². The molecule has 0 radical (unpaired) electrons. The number of carbonyl (C=O) groups excluding carboxylic acids is 1. The van der Waals surface area contributed by atoms with Crippen molar-refractivity contribution < 1.29 is 18.0 Å². The molecule has 0 amide bonds. The number of imidazole rings is 1. The molecule has 0 unspecified atom stereocenters. The Hall–Kier alpha value is -1.59. The zero-order valence-corrected chi connectivity index (χ0v) is 6.35. The molecule has 1 rings (SSSR count). The Morgan fingerprint density at radius 3 is 2.54 bits per heavy atom. The molecule has 13 heavy (non-hydrogen) atoms. The zero-order valence-electron chi connectivity index (χ0n) is 6.35. The summed E-state index contributed by atoms with van der Waals surface area (Å²) in [5, 5.41) is 0. The van der Waals surface area contributed by atoms with Gasteiger partial charge in [0, 0.05) is 12.4 Å². The SMILES string of the molecule is C=C(C(=O)c1ncc[nH]1)C(F)(F)F. The lowest BCUT2D eigenvalue weighted by Gasteiger charge is -2.06. The van der Waals surface area contributed by atoms with E-state index in [9.17, 15) is 18.0 Å². The summed E-state index contributed by atoms with van der Waals surface area (Å²) in [4.78, 5) is 16.6. The molecule has 0 fully saturated rings. The van der Waals surface area contributed by atoms with Gasteiger partial charge >= 0.3 is 6.18 Å². The van der Waals surface area contributed by atoms with Crippen LogP contribution in [0.2, 0.25) is 0 Å². The first-order valence-corrected chi connectivity index (χ1v) is 3.23. The van der Waals surface area contributed by atoms with Crippen molar-refractivity contribution >= 4 is 5.78 Å². The van der Waals surface area contributed by atoms with Crippen LogP contribution in [-0.4, -0.2) is 21.9 Å². The lowest BCUT2D eigenvalue weighted by atomic mass is 10.2. The van der Waals surface area contributed by atoms with Gasteiger partial charge in [-0.15, -0.1) is 0 Å². The maximum Gasteiger partial charge on any atom is 0.419 e. The quantitative estimate of drug-likeness (QED) is 0.570. The van der Waals surface area contributed by atoms with Gasteiger partial charge in [-0.1, -0.05) is 6.58 Å². The summed E-state index contributed by atoms with van der Waals surface area (Å²) in [7, 11) is 0. The number of carbonyl (C=O) groups is 1. The van der Waals surface area contributed by atoms with Gasteiger partial charge in [0.05, 0.1) is 5.57 Å². The molecule has 6 heteroatoms. The second-order valence-electron chi connectivity index (χ2n) is 2.24. The number of hydrogen-bond donors (Lipinski definition) is 1. The lowest BCUT2D eigenvalue weighted by Crippen LogP contribution is -2.19. The third kappa shape index (κ3) is 1.95. The van der Waals surface area contributed by atoms with Crippen LogP contribution < -0.4 is 0 Å². The third-order valence-corrected chi connectivity index (χ3v) is 1.33. The molecule has 1 heterocycles. The van der Waals surface area contributed by atoms with Crippen molar-refractivity contribution in [2.24, 2.45) is 0 Å². The summed E-state index contributed by atoms with van der Waals surface area (Å²) in [6.45, 7) is 2.65. The average molecular weight is 190 g/mol. The summed E-state index contributed by atoms with van der Waals surface area (Å²) in [5.74, 6) is -1.60. The van der Waals surface area contributed by atoms with Crippen molar-refractivity contribution in [1.29, 1.82) is 0 Å². The maximum absolute atomic E-state index is 11.9. The minimum atomic E-state index is -4.70. The van der Waals surface area contributed by atoms with E-state index in [4.69, 9.17) is 0 Å². The van der Waals surface area contributed by atoms with E-state index in [-0.39, 0.29) is 5.82 Å². The van der Waals surface area contributed by atoms with E-state index in [1.54, 1.807) is 0 Å². The highest BCUT2D eigenvalue weighted by atomic mass is 19.4. The molecule has 1 aromatic heterocycles. The van der Waals surface area contributed by atoms with Crippen LogP contribution in [0.15, 0.2) is 24.5 Å². The van der Waals surface area contributed by atoms with Gasteiger partial charge in [0.25, 0.3) is 0 Å². The predicted molar refractivity (Wildman–Crippen MR) is 38.1 cm³/mol. The Balaban J connectivity index is 2.88. The number of nitrogens with zero attached hydrogens (tertiary/aromatic N) is 1. The molecular weight excluding hydrogens is 185 g/mol. The van der Waals surface area contributed by atoms with Crippen molar-refractivity contribution in [3.63, 3.8) is 0 Å². The Morgan fingerprint density at radius 1 is 1.54 bits per heavy atom. The minimum Gasteiger partial charge on any atom is -0.342 e. The zero-order chi connectivity index (χ0) is 10.1. The van der Waals surface area contributed by atoms with E-state index in [1.165, 1.54) is 12.4 Å². The fraction of sp³-hybridized carbons (Fsp3) is 0.143. The number of nitrogens with one attached hydrogen (secondary N) is 1. The normalized spacial score (nSPS) is 11.3. The van der Waals surface area contributed by atoms with Crippen LogP contribution in [0.3, 0.4) is 0 Å². The molecule has 0 aromatic carbocycles. The Bertz CT molecular complexity index is 326. The average Bonchev–Trinajstić information content (AvgIpc) is 2.51. The number of H-pyrrole nitrogens is 1. The van der Waals surface area contributed by atoms with Gasteiger partial charge in [0.15, 0.2) is 5.82 Å². The van der Waals surface area contributed by atoms with Crippen molar-refractivity contribution in [3.05, 3.63) is 30.4 Å². The first kappa shape index (κ1) is 9.50. The number of aromatic amines is 1. The largest absolute Gasteiger partial charge is 0.419 e. The molecule has 0 bridgehead atoms. The van der Waals surface area contributed by atoms with Gasteiger partial charge in [-0.25, -0.2) is 4.98 Å². The van der Waals surface area contributed by atoms with Crippen LogP contribution in [0.5, 0.6) is 0 Å². The van der Waals surface area contributed by atoms with Crippen molar-refractivity contribution in [1.82, 2.24) is 9.97 Å². The van der Waals surface area contributed by atoms with Crippen molar-refractivity contribution in [3.8, 4) is 0 Å². The number of aromatic nitrogens is 2. The summed E-state index contributed by atoms with van der Waals surface area (Å²) < 4.78 is 35.8. The monoisotopic (exact) mass is 190 g/mol. The first-order chi connectivity index (χ1) is 5.93. The molecule has 0 spiro atoms. The van der Waals surface area contributed by atoms with Gasteiger partial charge in [-0.05, 0) is 0 Å². The van der Waals surface area contributed by atoms with Crippen LogP contribution in [0.4, 0.5) is 13.2 Å². The van der Waals surface area contributed by atoms with Gasteiger partial charge in [0.2, 0.25) is 5.78 Å². The summed E-state index contributed by atoms with van der Waals surface area (Å²) in [6.07, 6.45) is -2.25. The third-order valence-electron chi connectivity index (χ3n) is 1.33. The number of alkyl halides is 3. The molecule has 0 atom stereocenters. The second-order valence-corrected chi connectivity index (χ2v) is 2.24. The number of halogens is 3. The second kappa shape index (κ2) is 3.04. The fourth-order valence-electron chi connectivity index (χ4n) is 0.661. The van der Waals surface area contributed by atoms with Crippen molar-refractivity contribution in [2.45, 2.75) is 6.18 Å². The molecule has 1 N–H and O–H groups in total. The fourth-order valence-corrected chi connectivity index (χ4v) is 0.661. The standard InChI is InChI=1S/C7H5F3N2O/c1-4(7(8,9)10)5(13)6-11-2-3-12-6/h2-3H,1H2,(H,11,12). The molecule has 70 valence electrons. The van der Waals surface area contributed by atoms with E-state index in [0.29, 0.717) is 0 Å². The molecule has 0 aliphatic heterocycles. The molecular formula is C7H5F3N2O. The number of rotatable bonds is 2. The summed E-state index contributed by atoms with van der Waals surface area (Å²) in [6, 6.07) is 0. The summed E-state index contributed by atoms with van der Waals surface area (Å²) in [5.41, 5.74) is -1.43.